The van der Waals surface area contributed by atoms with E-state index in [1.807, 2.05) is 0 Å². The maximum atomic E-state index is 5.70. The van der Waals surface area contributed by atoms with E-state index in [2.05, 4.69) is 41.0 Å². The molecule has 0 fully saturated rings. The van der Waals surface area contributed by atoms with Gasteiger partial charge in [0.05, 0.1) is 0 Å². The first-order valence-electron chi connectivity index (χ1n) is 5.66. The molecule has 0 amide bonds. The van der Waals surface area contributed by atoms with Gasteiger partial charge in [0.1, 0.15) is 6.33 Å². The maximum Gasteiger partial charge on any atom is 0.227 e. The lowest BCUT2D eigenvalue weighted by Crippen LogP contribution is -2.31. The summed E-state index contributed by atoms with van der Waals surface area (Å²) in [6.45, 7) is 6.48. The van der Waals surface area contributed by atoms with E-state index in [1.54, 1.807) is 0 Å². The molecular weight excluding hydrogens is 224 g/mol. The van der Waals surface area contributed by atoms with Crippen LogP contribution in [0.1, 0.15) is 46.5 Å². The number of hydrogen-bond acceptors (Lipinski definition) is 4. The van der Waals surface area contributed by atoms with Crippen molar-refractivity contribution in [3.05, 3.63) is 11.6 Å². The van der Waals surface area contributed by atoms with Gasteiger partial charge in [-0.15, -0.1) is 0 Å². The molecule has 16 heavy (non-hydrogen) atoms. The minimum Gasteiger partial charge on any atom is -0.349 e. The lowest BCUT2D eigenvalue weighted by Gasteiger charge is -2.26. The highest BCUT2D eigenvalue weighted by Gasteiger charge is 2.18. The van der Waals surface area contributed by atoms with Crippen molar-refractivity contribution in [3.8, 4) is 0 Å². The first kappa shape index (κ1) is 13.2. The Balaban J connectivity index is 2.51. The van der Waals surface area contributed by atoms with Crippen LogP contribution >= 0.6 is 11.6 Å². The summed E-state index contributed by atoms with van der Waals surface area (Å²) in [6.07, 6.45) is 6.19. The van der Waals surface area contributed by atoms with E-state index in [4.69, 9.17) is 11.6 Å². The van der Waals surface area contributed by atoms with E-state index in [0.717, 1.165) is 6.42 Å². The van der Waals surface area contributed by atoms with E-state index in [9.17, 15) is 0 Å². The monoisotopic (exact) mass is 242 g/mol. The average molecular weight is 243 g/mol. The van der Waals surface area contributed by atoms with Gasteiger partial charge in [-0.05, 0) is 31.9 Å². The van der Waals surface area contributed by atoms with Gasteiger partial charge in [-0.25, -0.2) is 9.97 Å². The Labute approximate surface area is 102 Å². The van der Waals surface area contributed by atoms with Crippen LogP contribution in [-0.2, 0) is 0 Å². The molecule has 0 spiro atoms. The van der Waals surface area contributed by atoms with Gasteiger partial charge in [-0.1, -0.05) is 26.2 Å². The smallest absolute Gasteiger partial charge is 0.227 e. The summed E-state index contributed by atoms with van der Waals surface area (Å²) in [5, 5.41) is 3.50. The lowest BCUT2D eigenvalue weighted by molar-refractivity contribution is 0.480. The van der Waals surface area contributed by atoms with Crippen LogP contribution in [0.15, 0.2) is 6.33 Å². The van der Waals surface area contributed by atoms with Crippen LogP contribution in [-0.4, -0.2) is 20.5 Å². The third kappa shape index (κ3) is 4.75. The number of unbranched alkanes of at least 4 members (excludes halogenated alkanes) is 2. The van der Waals surface area contributed by atoms with Gasteiger partial charge < -0.3 is 5.32 Å². The normalized spacial score (nSPS) is 11.5. The molecule has 0 aliphatic rings. The highest BCUT2D eigenvalue weighted by Crippen LogP contribution is 2.18. The van der Waals surface area contributed by atoms with Gasteiger partial charge in [0.15, 0.2) is 0 Å². The van der Waals surface area contributed by atoms with Crippen molar-refractivity contribution >= 4 is 17.5 Å². The molecule has 0 saturated heterocycles. The Morgan fingerprint density at radius 1 is 1.31 bits per heavy atom. The van der Waals surface area contributed by atoms with Crippen molar-refractivity contribution in [2.24, 2.45) is 0 Å². The van der Waals surface area contributed by atoms with E-state index < -0.39 is 0 Å². The summed E-state index contributed by atoms with van der Waals surface area (Å²) in [5.74, 6) is 0.543. The van der Waals surface area contributed by atoms with Gasteiger partial charge in [0.25, 0.3) is 0 Å². The first-order chi connectivity index (χ1) is 7.53. The third-order valence-corrected chi connectivity index (χ3v) is 2.58. The van der Waals surface area contributed by atoms with Gasteiger partial charge in [0.2, 0.25) is 11.2 Å². The van der Waals surface area contributed by atoms with Crippen molar-refractivity contribution in [3.63, 3.8) is 0 Å². The second kappa shape index (κ2) is 5.99. The molecule has 1 aromatic rings. The van der Waals surface area contributed by atoms with Gasteiger partial charge in [-0.2, -0.15) is 4.98 Å². The first-order valence-corrected chi connectivity index (χ1v) is 6.04. The number of rotatable bonds is 6. The minimum atomic E-state index is -0.0140. The molecule has 0 bridgehead atoms. The van der Waals surface area contributed by atoms with E-state index in [0.29, 0.717) is 5.95 Å². The van der Waals surface area contributed by atoms with Crippen molar-refractivity contribution in [1.82, 2.24) is 15.0 Å². The molecule has 90 valence electrons. The lowest BCUT2D eigenvalue weighted by atomic mass is 9.97. The SMILES string of the molecule is CCCCCC(C)(C)Nc1ncnc(Cl)n1. The maximum absolute atomic E-state index is 5.70. The van der Waals surface area contributed by atoms with E-state index >= 15 is 0 Å². The summed E-state index contributed by atoms with van der Waals surface area (Å²) in [6, 6.07) is 0. The molecule has 1 heterocycles. The van der Waals surface area contributed by atoms with E-state index in [1.165, 1.54) is 25.6 Å². The van der Waals surface area contributed by atoms with Crippen LogP contribution in [0.4, 0.5) is 5.95 Å². The highest BCUT2D eigenvalue weighted by atomic mass is 35.5. The third-order valence-electron chi connectivity index (χ3n) is 2.40. The molecule has 0 radical (unpaired) electrons. The highest BCUT2D eigenvalue weighted by molar-refractivity contribution is 6.28. The Bertz CT molecular complexity index is 328. The number of hydrogen-bond donors (Lipinski definition) is 1. The number of anilines is 1. The topological polar surface area (TPSA) is 50.7 Å². The van der Waals surface area contributed by atoms with Gasteiger partial charge >= 0.3 is 0 Å². The predicted molar refractivity (Wildman–Crippen MR) is 66.7 cm³/mol. The summed E-state index contributed by atoms with van der Waals surface area (Å²) in [5.41, 5.74) is -0.0140. The fourth-order valence-corrected chi connectivity index (χ4v) is 1.64. The molecule has 0 aromatic carbocycles. The van der Waals surface area contributed by atoms with E-state index in [-0.39, 0.29) is 10.8 Å². The molecule has 4 nitrogen and oxygen atoms in total. The fourth-order valence-electron chi connectivity index (χ4n) is 1.52. The summed E-state index contributed by atoms with van der Waals surface area (Å²) >= 11 is 5.70. The standard InChI is InChI=1S/C11H19ClN4/c1-4-5-6-7-11(2,3)16-10-14-8-13-9(12)15-10/h8H,4-7H2,1-3H3,(H,13,14,15,16). The summed E-state index contributed by atoms with van der Waals surface area (Å²) in [4.78, 5) is 11.8. The molecule has 1 aromatic heterocycles. The molecule has 0 aliphatic carbocycles. The molecule has 0 aliphatic heterocycles. The second-order valence-electron chi connectivity index (χ2n) is 4.54. The Morgan fingerprint density at radius 3 is 2.69 bits per heavy atom. The molecule has 0 atom stereocenters. The summed E-state index contributed by atoms with van der Waals surface area (Å²) < 4.78 is 0. The minimum absolute atomic E-state index is 0.0140. The molecule has 0 saturated carbocycles. The second-order valence-corrected chi connectivity index (χ2v) is 4.88. The number of aromatic nitrogens is 3. The molecule has 1 rings (SSSR count). The quantitative estimate of drug-likeness (QED) is 0.778. The number of halogens is 1. The van der Waals surface area contributed by atoms with Crippen molar-refractivity contribution < 1.29 is 0 Å². The zero-order valence-corrected chi connectivity index (χ0v) is 10.9. The number of nitrogens with one attached hydrogen (secondary N) is 1. The zero-order chi connectivity index (χ0) is 12.0. The van der Waals surface area contributed by atoms with Gasteiger partial charge in [0, 0.05) is 5.54 Å². The predicted octanol–water partition coefficient (Wildman–Crippen LogP) is 3.30. The van der Waals surface area contributed by atoms with Crippen LogP contribution in [0.2, 0.25) is 5.28 Å². The van der Waals surface area contributed by atoms with Crippen LogP contribution in [0.3, 0.4) is 0 Å². The Morgan fingerprint density at radius 2 is 2.06 bits per heavy atom. The number of nitrogens with zero attached hydrogens (tertiary/aromatic N) is 3. The van der Waals surface area contributed by atoms with Crippen molar-refractivity contribution in [1.29, 1.82) is 0 Å². The van der Waals surface area contributed by atoms with Crippen LogP contribution in [0.25, 0.3) is 0 Å². The zero-order valence-electron chi connectivity index (χ0n) is 10.1. The largest absolute Gasteiger partial charge is 0.349 e. The van der Waals surface area contributed by atoms with Crippen molar-refractivity contribution in [2.45, 2.75) is 52.0 Å². The average Bonchev–Trinajstić information content (AvgIpc) is 2.17. The van der Waals surface area contributed by atoms with Gasteiger partial charge in [-0.3, -0.25) is 0 Å². The Hall–Kier alpha value is -0.900. The van der Waals surface area contributed by atoms with Crippen LogP contribution in [0, 0.1) is 0 Å². The molecule has 0 unspecified atom stereocenters. The Kier molecular flexibility index (Phi) is 4.93. The van der Waals surface area contributed by atoms with Crippen LogP contribution in [0.5, 0.6) is 0 Å². The van der Waals surface area contributed by atoms with Crippen molar-refractivity contribution in [2.75, 3.05) is 5.32 Å². The molecule has 5 heteroatoms. The van der Waals surface area contributed by atoms with Crippen LogP contribution < -0.4 is 5.32 Å². The molecule has 1 N–H and O–H groups in total. The molecular formula is C11H19ClN4. The fraction of sp³-hybridized carbons (Fsp3) is 0.727. The summed E-state index contributed by atoms with van der Waals surface area (Å²) in [7, 11) is 0.